The first-order valence-corrected chi connectivity index (χ1v) is 13.0. The van der Waals surface area contributed by atoms with Crippen molar-refractivity contribution in [3.63, 3.8) is 0 Å². The number of carbonyl (C=O) groups excluding carboxylic acids is 1. The minimum atomic E-state index is -3.24. The highest BCUT2D eigenvalue weighted by molar-refractivity contribution is 7.91. The highest BCUT2D eigenvalue weighted by Gasteiger charge is 2.30. The molecule has 0 atom stereocenters. The first kappa shape index (κ1) is 22.3. The second kappa shape index (κ2) is 8.72. The van der Waals surface area contributed by atoms with Crippen LogP contribution in [0.2, 0.25) is 0 Å². The lowest BCUT2D eigenvalue weighted by Crippen LogP contribution is -2.25. The van der Waals surface area contributed by atoms with Gasteiger partial charge in [0.15, 0.2) is 15.7 Å². The van der Waals surface area contributed by atoms with Crippen molar-refractivity contribution in [2.24, 2.45) is 0 Å². The minimum Gasteiger partial charge on any atom is -0.493 e. The lowest BCUT2D eigenvalue weighted by atomic mass is 10.1. The molecule has 3 aromatic rings. The number of sulfone groups is 1. The van der Waals surface area contributed by atoms with Gasteiger partial charge in [-0.15, -0.1) is 0 Å². The van der Waals surface area contributed by atoms with E-state index in [1.54, 1.807) is 36.5 Å². The van der Waals surface area contributed by atoms with Crippen molar-refractivity contribution >= 4 is 33.1 Å². The topological polar surface area (TPSA) is 92.7 Å². The number of benzene rings is 1. The second-order valence-electron chi connectivity index (χ2n) is 8.42. The normalized spacial score (nSPS) is 16.4. The summed E-state index contributed by atoms with van der Waals surface area (Å²) in [7, 11) is -1.49. The molecule has 1 amide bonds. The lowest BCUT2D eigenvalue weighted by Gasteiger charge is -2.22. The first-order valence-electron chi connectivity index (χ1n) is 11.4. The molecule has 176 valence electrons. The Labute approximate surface area is 199 Å². The Kier molecular flexibility index (Phi) is 5.73. The predicted octanol–water partition coefficient (Wildman–Crippen LogP) is 3.57. The maximum absolute atomic E-state index is 13.3. The van der Waals surface area contributed by atoms with Gasteiger partial charge >= 0.3 is 0 Å². The number of aromatic nitrogens is 2. The third kappa shape index (κ3) is 3.79. The van der Waals surface area contributed by atoms with E-state index in [9.17, 15) is 13.2 Å². The predicted molar refractivity (Wildman–Crippen MR) is 130 cm³/mol. The van der Waals surface area contributed by atoms with Gasteiger partial charge in [0, 0.05) is 38.0 Å². The maximum Gasteiger partial charge on any atom is 0.261 e. The first-order chi connectivity index (χ1) is 16.4. The average molecular weight is 479 g/mol. The van der Waals surface area contributed by atoms with Gasteiger partial charge in [-0.3, -0.25) is 4.79 Å². The Hall–Kier alpha value is -3.46. The molecule has 0 aliphatic carbocycles. The van der Waals surface area contributed by atoms with Crippen molar-refractivity contribution in [1.82, 2.24) is 9.97 Å². The van der Waals surface area contributed by atoms with Crippen LogP contribution in [0, 0.1) is 0 Å². The van der Waals surface area contributed by atoms with Gasteiger partial charge in [0.25, 0.3) is 5.91 Å². The van der Waals surface area contributed by atoms with Gasteiger partial charge in [0.2, 0.25) is 0 Å². The zero-order valence-corrected chi connectivity index (χ0v) is 20.0. The molecule has 2 aromatic heterocycles. The Bertz CT molecular complexity index is 1370. The van der Waals surface area contributed by atoms with Gasteiger partial charge in [-0.1, -0.05) is 6.07 Å². The van der Waals surface area contributed by atoms with Crippen LogP contribution in [0.25, 0.3) is 0 Å². The highest BCUT2D eigenvalue weighted by Crippen LogP contribution is 2.37. The summed E-state index contributed by atoms with van der Waals surface area (Å²) >= 11 is 0. The fraction of sp³-hybridized carbons (Fsp3) is 0.320. The monoisotopic (exact) mass is 478 g/mol. The van der Waals surface area contributed by atoms with Crippen LogP contribution >= 0.6 is 0 Å². The lowest BCUT2D eigenvalue weighted by molar-refractivity contribution is 0.0994. The van der Waals surface area contributed by atoms with Crippen LogP contribution in [0.15, 0.2) is 53.7 Å². The molecule has 34 heavy (non-hydrogen) atoms. The van der Waals surface area contributed by atoms with Crippen molar-refractivity contribution in [2.75, 3.05) is 35.8 Å². The van der Waals surface area contributed by atoms with Crippen molar-refractivity contribution in [3.05, 3.63) is 65.5 Å². The summed E-state index contributed by atoms with van der Waals surface area (Å²) in [6.45, 7) is 2.97. The number of carbonyl (C=O) groups is 1. The van der Waals surface area contributed by atoms with Crippen LogP contribution in [-0.2, 0) is 22.7 Å². The molecule has 1 aromatic carbocycles. The summed E-state index contributed by atoms with van der Waals surface area (Å²) in [5.74, 6) is 1.94. The van der Waals surface area contributed by atoms with Crippen LogP contribution in [0.1, 0.15) is 34.8 Å². The molecular formula is C25H26N4O4S. The fourth-order valence-electron chi connectivity index (χ4n) is 4.60. The van der Waals surface area contributed by atoms with Gasteiger partial charge in [-0.2, -0.15) is 0 Å². The number of anilines is 3. The molecule has 0 radical (unpaired) electrons. The molecule has 4 heterocycles. The zero-order valence-electron chi connectivity index (χ0n) is 19.2. The molecule has 0 N–H and O–H groups in total. The van der Waals surface area contributed by atoms with E-state index in [-0.39, 0.29) is 11.7 Å². The quantitative estimate of drug-likeness (QED) is 0.554. The number of hydrogen-bond donors (Lipinski definition) is 0. The number of rotatable bonds is 5. The van der Waals surface area contributed by atoms with E-state index in [1.165, 1.54) is 0 Å². The van der Waals surface area contributed by atoms with Crippen LogP contribution in [-0.4, -0.2) is 50.2 Å². The summed E-state index contributed by atoms with van der Waals surface area (Å²) in [6, 6.07) is 10.8. The minimum absolute atomic E-state index is 0.141. The smallest absolute Gasteiger partial charge is 0.261 e. The van der Waals surface area contributed by atoms with E-state index in [4.69, 9.17) is 4.74 Å². The van der Waals surface area contributed by atoms with E-state index in [1.807, 2.05) is 36.1 Å². The van der Waals surface area contributed by atoms with E-state index in [2.05, 4.69) is 9.97 Å². The summed E-state index contributed by atoms with van der Waals surface area (Å²) in [5, 5.41) is 0. The van der Waals surface area contributed by atoms with Crippen LogP contribution < -0.4 is 14.5 Å². The fourth-order valence-corrected chi connectivity index (χ4v) is 6.21. The molecule has 0 spiro atoms. The van der Waals surface area contributed by atoms with Gasteiger partial charge in [0.1, 0.15) is 11.6 Å². The van der Waals surface area contributed by atoms with E-state index in [0.29, 0.717) is 60.3 Å². The molecule has 0 bridgehead atoms. The number of fused-ring (bicyclic) bond motifs is 3. The highest BCUT2D eigenvalue weighted by atomic mass is 32.2. The van der Waals surface area contributed by atoms with Crippen molar-refractivity contribution in [1.29, 1.82) is 0 Å². The maximum atomic E-state index is 13.3. The van der Waals surface area contributed by atoms with Gasteiger partial charge in [-0.25, -0.2) is 18.4 Å². The molecule has 0 fully saturated rings. The Morgan fingerprint density at radius 2 is 1.97 bits per heavy atom. The number of nitrogens with zero attached hydrogens (tertiary/aromatic N) is 4. The summed E-state index contributed by atoms with van der Waals surface area (Å²) < 4.78 is 30.7. The molecule has 8 nitrogen and oxygen atoms in total. The molecular weight excluding hydrogens is 452 g/mol. The number of pyridine rings is 2. The molecule has 2 aliphatic rings. The van der Waals surface area contributed by atoms with Crippen LogP contribution in [0.5, 0.6) is 5.75 Å². The Balaban J connectivity index is 1.39. The van der Waals surface area contributed by atoms with Gasteiger partial charge in [-0.05, 0) is 55.7 Å². The van der Waals surface area contributed by atoms with E-state index >= 15 is 0 Å². The summed E-state index contributed by atoms with van der Waals surface area (Å²) in [5.41, 5.74) is 2.88. The Morgan fingerprint density at radius 1 is 1.12 bits per heavy atom. The zero-order chi connectivity index (χ0) is 23.9. The molecule has 0 saturated carbocycles. The van der Waals surface area contributed by atoms with Crippen LogP contribution in [0.4, 0.5) is 17.3 Å². The number of ether oxygens (including phenoxy) is 1. The van der Waals surface area contributed by atoms with Crippen molar-refractivity contribution < 1.29 is 17.9 Å². The van der Waals surface area contributed by atoms with Crippen molar-refractivity contribution in [2.45, 2.75) is 31.1 Å². The van der Waals surface area contributed by atoms with Crippen molar-refractivity contribution in [3.8, 4) is 5.75 Å². The second-order valence-corrected chi connectivity index (χ2v) is 10.5. The molecule has 5 rings (SSSR count). The van der Waals surface area contributed by atoms with Crippen LogP contribution in [0.3, 0.4) is 0 Å². The molecule has 9 heteroatoms. The van der Waals surface area contributed by atoms with E-state index < -0.39 is 9.84 Å². The van der Waals surface area contributed by atoms with Gasteiger partial charge in [0.05, 0.1) is 28.5 Å². The average Bonchev–Trinajstić information content (AvgIpc) is 2.92. The standard InChI is InChI=1S/C25H26N4O4S/c1-3-29-23-19(25(30)28(2)20-8-5-12-26-24(20)29)15-17(16-27-23)11-13-33-21-9-4-10-22-18(21)7-6-14-34(22,31)32/h4-5,8-10,12,15-16H,3,6-7,11,13-14H2,1-2H3. The largest absolute Gasteiger partial charge is 0.493 e. The number of amides is 1. The van der Waals surface area contributed by atoms with E-state index in [0.717, 1.165) is 16.8 Å². The molecule has 0 saturated heterocycles. The summed E-state index contributed by atoms with van der Waals surface area (Å²) in [4.78, 5) is 26.3. The molecule has 2 aliphatic heterocycles. The third-order valence-electron chi connectivity index (χ3n) is 6.33. The van der Waals surface area contributed by atoms with Gasteiger partial charge < -0.3 is 14.5 Å². The third-order valence-corrected chi connectivity index (χ3v) is 8.21. The summed E-state index contributed by atoms with van der Waals surface area (Å²) in [6.07, 6.45) is 5.30. The number of hydrogen-bond acceptors (Lipinski definition) is 7. The molecule has 0 unspecified atom stereocenters. The Morgan fingerprint density at radius 3 is 2.79 bits per heavy atom. The SMILES string of the molecule is CCN1c2ncc(CCOc3cccc4c3CCCS4(=O)=O)cc2C(=O)N(C)c2cccnc21.